The van der Waals surface area contributed by atoms with Gasteiger partial charge in [-0.15, -0.1) is 0 Å². The zero-order valence-electron chi connectivity index (χ0n) is 14.8. The van der Waals surface area contributed by atoms with E-state index in [-0.39, 0.29) is 6.54 Å². The monoisotopic (exact) mass is 349 g/mol. The first kappa shape index (κ1) is 18.6. The number of aromatic nitrogens is 2. The number of fused-ring (bicyclic) bond motifs is 1. The van der Waals surface area contributed by atoms with Crippen LogP contribution >= 0.6 is 0 Å². The van der Waals surface area contributed by atoms with Crippen LogP contribution in [0.1, 0.15) is 33.5 Å². The van der Waals surface area contributed by atoms with Crippen LogP contribution in [0.3, 0.4) is 0 Å². The van der Waals surface area contributed by atoms with E-state index in [1.54, 1.807) is 39.0 Å². The maximum absolute atomic E-state index is 11.8. The number of nitrogens with zero attached hydrogens (tertiary/aromatic N) is 2. The Kier molecular flexibility index (Phi) is 5.51. The van der Waals surface area contributed by atoms with Crippen molar-refractivity contribution in [3.63, 3.8) is 0 Å². The Morgan fingerprint density at radius 1 is 1.32 bits per heavy atom. The lowest BCUT2D eigenvalue weighted by atomic mass is 10.2. The number of carbonyl (C=O) groups is 2. The maximum atomic E-state index is 11.8. The number of hydrogen-bond donors (Lipinski definition) is 2. The zero-order valence-corrected chi connectivity index (χ0v) is 14.8. The van der Waals surface area contributed by atoms with Crippen LogP contribution in [0.2, 0.25) is 0 Å². The lowest BCUT2D eigenvalue weighted by molar-refractivity contribution is -0.139. The highest BCUT2D eigenvalue weighted by atomic mass is 16.6. The van der Waals surface area contributed by atoms with Gasteiger partial charge in [-0.05, 0) is 39.8 Å². The number of carboxylic acids is 1. The minimum absolute atomic E-state index is 0.225. The third kappa shape index (κ3) is 5.10. The van der Waals surface area contributed by atoms with Crippen molar-refractivity contribution in [2.45, 2.75) is 46.4 Å². The molecule has 0 saturated carbocycles. The van der Waals surface area contributed by atoms with Crippen LogP contribution in [0.15, 0.2) is 18.2 Å². The molecular weight excluding hydrogens is 326 g/mol. The van der Waals surface area contributed by atoms with Crippen LogP contribution in [0.5, 0.6) is 5.75 Å². The van der Waals surface area contributed by atoms with Gasteiger partial charge in [0.25, 0.3) is 0 Å². The Hall–Kier alpha value is -2.77. The summed E-state index contributed by atoms with van der Waals surface area (Å²) in [4.78, 5) is 26.9. The highest BCUT2D eigenvalue weighted by Crippen LogP contribution is 2.22. The molecule has 136 valence electrons. The van der Waals surface area contributed by atoms with Gasteiger partial charge in [0.1, 0.15) is 17.2 Å². The van der Waals surface area contributed by atoms with E-state index in [9.17, 15) is 9.59 Å². The first-order chi connectivity index (χ1) is 11.7. The molecule has 0 spiro atoms. The molecule has 1 aromatic carbocycles. The van der Waals surface area contributed by atoms with Gasteiger partial charge >= 0.3 is 12.1 Å². The van der Waals surface area contributed by atoms with Crippen molar-refractivity contribution in [2.75, 3.05) is 6.61 Å². The van der Waals surface area contributed by atoms with Gasteiger partial charge in [0.2, 0.25) is 0 Å². The Morgan fingerprint density at radius 2 is 2.04 bits per heavy atom. The van der Waals surface area contributed by atoms with E-state index >= 15 is 0 Å². The summed E-state index contributed by atoms with van der Waals surface area (Å²) in [6.45, 7) is 7.82. The van der Waals surface area contributed by atoms with E-state index in [4.69, 9.17) is 14.6 Å². The van der Waals surface area contributed by atoms with E-state index in [0.717, 1.165) is 11.0 Å². The third-order valence-electron chi connectivity index (χ3n) is 3.27. The molecule has 2 rings (SSSR count). The number of benzene rings is 1. The first-order valence-electron chi connectivity index (χ1n) is 8.00. The van der Waals surface area contributed by atoms with Crippen LogP contribution in [0.25, 0.3) is 11.0 Å². The summed E-state index contributed by atoms with van der Waals surface area (Å²) < 4.78 is 12.4. The SMILES string of the molecule is CCn1c(CNC(=O)OC(C)(C)C)nc2ccc(OCC(=O)O)cc21. The topological polar surface area (TPSA) is 103 Å². The van der Waals surface area contributed by atoms with E-state index in [1.807, 2.05) is 11.5 Å². The number of carbonyl (C=O) groups excluding carboxylic acids is 1. The molecule has 0 unspecified atom stereocenters. The summed E-state index contributed by atoms with van der Waals surface area (Å²) in [5.41, 5.74) is 0.989. The van der Waals surface area contributed by atoms with Crippen molar-refractivity contribution < 1.29 is 24.2 Å². The number of aryl methyl sites for hydroxylation is 1. The molecule has 0 bridgehead atoms. The van der Waals surface area contributed by atoms with Crippen molar-refractivity contribution in [2.24, 2.45) is 0 Å². The summed E-state index contributed by atoms with van der Waals surface area (Å²) in [6, 6.07) is 5.17. The van der Waals surface area contributed by atoms with Gasteiger partial charge in [0, 0.05) is 12.6 Å². The predicted octanol–water partition coefficient (Wildman–Crippen LogP) is 2.54. The fraction of sp³-hybridized carbons (Fsp3) is 0.471. The van der Waals surface area contributed by atoms with Crippen LogP contribution in [0.4, 0.5) is 4.79 Å². The quantitative estimate of drug-likeness (QED) is 0.831. The molecule has 0 aliphatic heterocycles. The Balaban J connectivity index is 2.17. The summed E-state index contributed by atoms with van der Waals surface area (Å²) >= 11 is 0. The largest absolute Gasteiger partial charge is 0.482 e. The molecule has 1 heterocycles. The number of alkyl carbamates (subject to hydrolysis) is 1. The standard InChI is InChI=1S/C17H23N3O5/c1-5-20-13-8-11(24-10-15(21)22)6-7-12(13)19-14(20)9-18-16(23)25-17(2,3)4/h6-8H,5,9-10H2,1-4H3,(H,18,23)(H,21,22). The van der Waals surface area contributed by atoms with Crippen LogP contribution in [-0.2, 0) is 22.6 Å². The highest BCUT2D eigenvalue weighted by Gasteiger charge is 2.17. The molecule has 1 amide bonds. The maximum Gasteiger partial charge on any atom is 0.408 e. The summed E-state index contributed by atoms with van der Waals surface area (Å²) in [5, 5.41) is 11.4. The van der Waals surface area contributed by atoms with Crippen molar-refractivity contribution in [1.82, 2.24) is 14.9 Å². The predicted molar refractivity (Wildman–Crippen MR) is 91.6 cm³/mol. The van der Waals surface area contributed by atoms with Gasteiger partial charge in [-0.3, -0.25) is 0 Å². The van der Waals surface area contributed by atoms with Crippen LogP contribution in [0, 0.1) is 0 Å². The van der Waals surface area contributed by atoms with Crippen molar-refractivity contribution >= 4 is 23.1 Å². The molecule has 0 aliphatic rings. The minimum Gasteiger partial charge on any atom is -0.482 e. The molecule has 0 saturated heterocycles. The van der Waals surface area contributed by atoms with Crippen LogP contribution in [-0.4, -0.2) is 38.9 Å². The fourth-order valence-corrected chi connectivity index (χ4v) is 2.34. The van der Waals surface area contributed by atoms with Gasteiger partial charge in [-0.2, -0.15) is 0 Å². The van der Waals surface area contributed by atoms with E-state index in [0.29, 0.717) is 18.1 Å². The van der Waals surface area contributed by atoms with E-state index in [1.165, 1.54) is 0 Å². The average molecular weight is 349 g/mol. The molecule has 8 nitrogen and oxygen atoms in total. The number of rotatable bonds is 6. The van der Waals surface area contributed by atoms with Crippen LogP contribution < -0.4 is 10.1 Å². The Morgan fingerprint density at radius 3 is 2.64 bits per heavy atom. The molecule has 1 aromatic heterocycles. The Labute approximate surface area is 145 Å². The van der Waals surface area contributed by atoms with Gasteiger partial charge in [0.05, 0.1) is 17.6 Å². The smallest absolute Gasteiger partial charge is 0.408 e. The number of ether oxygens (including phenoxy) is 2. The molecule has 0 radical (unpaired) electrons. The summed E-state index contributed by atoms with van der Waals surface area (Å²) in [6.07, 6.45) is -0.507. The molecule has 0 atom stereocenters. The first-order valence-corrected chi connectivity index (χ1v) is 8.00. The van der Waals surface area contributed by atoms with Crippen molar-refractivity contribution in [1.29, 1.82) is 0 Å². The molecule has 0 fully saturated rings. The lowest BCUT2D eigenvalue weighted by Gasteiger charge is -2.19. The number of imidazole rings is 1. The van der Waals surface area contributed by atoms with E-state index in [2.05, 4.69) is 10.3 Å². The Bertz CT molecular complexity index is 776. The van der Waals surface area contributed by atoms with Crippen molar-refractivity contribution in [3.8, 4) is 5.75 Å². The number of nitrogens with one attached hydrogen (secondary N) is 1. The molecule has 0 aliphatic carbocycles. The van der Waals surface area contributed by atoms with Gasteiger partial charge < -0.3 is 24.5 Å². The highest BCUT2D eigenvalue weighted by molar-refractivity contribution is 5.78. The molecule has 8 heteroatoms. The molecule has 2 N–H and O–H groups in total. The number of hydrogen-bond acceptors (Lipinski definition) is 5. The normalized spacial score (nSPS) is 11.4. The summed E-state index contributed by atoms with van der Waals surface area (Å²) in [7, 11) is 0. The molecule has 25 heavy (non-hydrogen) atoms. The van der Waals surface area contributed by atoms with Gasteiger partial charge in [-0.25, -0.2) is 14.6 Å². The number of aliphatic carboxylic acids is 1. The minimum atomic E-state index is -1.04. The molecular formula is C17H23N3O5. The van der Waals surface area contributed by atoms with Gasteiger partial charge in [0.15, 0.2) is 6.61 Å². The van der Waals surface area contributed by atoms with Crippen molar-refractivity contribution in [3.05, 3.63) is 24.0 Å². The second kappa shape index (κ2) is 7.42. The second-order valence-corrected chi connectivity index (χ2v) is 6.46. The molecule has 2 aromatic rings. The number of amides is 1. The number of carboxylic acid groups (broad SMARTS) is 1. The average Bonchev–Trinajstić information content (AvgIpc) is 2.86. The van der Waals surface area contributed by atoms with E-state index < -0.39 is 24.3 Å². The summed E-state index contributed by atoms with van der Waals surface area (Å²) in [5.74, 6) is 0.0984. The second-order valence-electron chi connectivity index (χ2n) is 6.46. The zero-order chi connectivity index (χ0) is 18.6. The lowest BCUT2D eigenvalue weighted by Crippen LogP contribution is -2.32. The third-order valence-corrected chi connectivity index (χ3v) is 3.27. The van der Waals surface area contributed by atoms with Gasteiger partial charge in [-0.1, -0.05) is 0 Å². The fourth-order valence-electron chi connectivity index (χ4n) is 2.34.